The third-order valence-corrected chi connectivity index (χ3v) is 4.60. The van der Waals surface area contributed by atoms with Crippen molar-refractivity contribution < 1.29 is 0 Å². The maximum absolute atomic E-state index is 8.52. The van der Waals surface area contributed by atoms with Crippen LogP contribution in [0.5, 0.6) is 0 Å². The predicted molar refractivity (Wildman–Crippen MR) is 74.6 cm³/mol. The van der Waals surface area contributed by atoms with E-state index in [1.807, 2.05) is 0 Å². The fourth-order valence-electron chi connectivity index (χ4n) is 1.88. The van der Waals surface area contributed by atoms with E-state index < -0.39 is 0 Å². The van der Waals surface area contributed by atoms with Crippen LogP contribution < -0.4 is 0 Å². The fourth-order valence-corrected chi connectivity index (χ4v) is 3.53. The van der Waals surface area contributed by atoms with Gasteiger partial charge in [0.2, 0.25) is 0 Å². The molecule has 0 saturated carbocycles. The quantitative estimate of drug-likeness (QED) is 0.471. The van der Waals surface area contributed by atoms with Crippen molar-refractivity contribution in [3.63, 3.8) is 0 Å². The molecule has 2 heterocycles. The molecule has 1 aromatic heterocycles. The van der Waals surface area contributed by atoms with Crippen molar-refractivity contribution in [2.24, 2.45) is 0 Å². The molecule has 0 radical (unpaired) electrons. The number of rotatable bonds is 5. The second kappa shape index (κ2) is 6.88. The first-order valence-corrected chi connectivity index (χ1v) is 7.73. The monoisotopic (exact) mass is 280 g/mol. The van der Waals surface area contributed by atoms with Crippen LogP contribution in [0.15, 0.2) is 17.2 Å². The van der Waals surface area contributed by atoms with E-state index in [9.17, 15) is 0 Å². The van der Waals surface area contributed by atoms with Crippen molar-refractivity contribution in [3.8, 4) is 6.07 Å². The number of hydrogen-bond donors (Lipinski definition) is 0. The molecule has 1 aliphatic heterocycles. The summed E-state index contributed by atoms with van der Waals surface area (Å²) in [5, 5.41) is 9.54. The van der Waals surface area contributed by atoms with Crippen LogP contribution in [0, 0.1) is 11.3 Å². The minimum Gasteiger partial charge on any atom is -0.294 e. The van der Waals surface area contributed by atoms with Gasteiger partial charge in [0.1, 0.15) is 10.7 Å². The number of likely N-dealkylation sites (N-methyl/N-ethyl adjacent to an activating group) is 1. The van der Waals surface area contributed by atoms with Gasteiger partial charge in [0.05, 0.1) is 23.8 Å². The lowest BCUT2D eigenvalue weighted by Crippen LogP contribution is -2.27. The second-order valence-corrected chi connectivity index (χ2v) is 5.82. The van der Waals surface area contributed by atoms with Crippen LogP contribution in [-0.4, -0.2) is 33.0 Å². The lowest BCUT2D eigenvalue weighted by molar-refractivity contribution is 0.273. The first kappa shape index (κ1) is 13.5. The van der Waals surface area contributed by atoms with E-state index in [0.29, 0.717) is 6.42 Å². The zero-order valence-corrected chi connectivity index (χ0v) is 12.0. The number of hydrogen-bond acceptors (Lipinski definition) is 6. The van der Waals surface area contributed by atoms with Gasteiger partial charge in [0.15, 0.2) is 0 Å². The molecule has 0 N–H and O–H groups in total. The Hall–Kier alpha value is -0.900. The van der Waals surface area contributed by atoms with Crippen molar-refractivity contribution in [3.05, 3.63) is 17.8 Å². The largest absolute Gasteiger partial charge is 0.294 e. The SMILES string of the molecule is CN1CCC=CC1c1nsnc1SCCCC#N. The van der Waals surface area contributed by atoms with E-state index in [-0.39, 0.29) is 6.04 Å². The summed E-state index contributed by atoms with van der Waals surface area (Å²) in [6.45, 7) is 1.07. The van der Waals surface area contributed by atoms with E-state index in [4.69, 9.17) is 5.26 Å². The maximum atomic E-state index is 8.52. The molecule has 0 saturated heterocycles. The molecule has 0 aliphatic carbocycles. The van der Waals surface area contributed by atoms with Gasteiger partial charge in [-0.25, -0.2) is 0 Å². The average molecular weight is 280 g/mol. The average Bonchev–Trinajstić information content (AvgIpc) is 2.83. The molecule has 1 unspecified atom stereocenters. The van der Waals surface area contributed by atoms with Crippen molar-refractivity contribution in [2.45, 2.75) is 30.3 Å². The van der Waals surface area contributed by atoms with Crippen LogP contribution >= 0.6 is 23.5 Å². The number of nitrogens with zero attached hydrogens (tertiary/aromatic N) is 4. The van der Waals surface area contributed by atoms with Gasteiger partial charge in [-0.15, -0.1) is 11.8 Å². The van der Waals surface area contributed by atoms with E-state index >= 15 is 0 Å². The molecule has 1 aliphatic rings. The van der Waals surface area contributed by atoms with E-state index in [1.165, 1.54) is 11.7 Å². The number of nitriles is 1. The topological polar surface area (TPSA) is 52.8 Å². The summed E-state index contributed by atoms with van der Waals surface area (Å²) in [7, 11) is 2.12. The Bertz CT molecular complexity index is 449. The lowest BCUT2D eigenvalue weighted by Gasteiger charge is -2.27. The molecule has 0 fully saturated rings. The lowest BCUT2D eigenvalue weighted by atomic mass is 10.1. The molecule has 0 spiro atoms. The maximum Gasteiger partial charge on any atom is 0.135 e. The predicted octanol–water partition coefficient (Wildman–Crippen LogP) is 2.87. The van der Waals surface area contributed by atoms with Crippen LogP contribution in [0.25, 0.3) is 0 Å². The first-order chi connectivity index (χ1) is 8.83. The second-order valence-electron chi connectivity index (χ2n) is 4.21. The highest BCUT2D eigenvalue weighted by Crippen LogP contribution is 2.31. The van der Waals surface area contributed by atoms with Crippen molar-refractivity contribution in [1.29, 1.82) is 5.26 Å². The molecule has 0 aromatic carbocycles. The van der Waals surface area contributed by atoms with Gasteiger partial charge < -0.3 is 0 Å². The van der Waals surface area contributed by atoms with E-state index in [2.05, 4.69) is 38.9 Å². The van der Waals surface area contributed by atoms with Crippen LogP contribution in [-0.2, 0) is 0 Å². The summed E-state index contributed by atoms with van der Waals surface area (Å²) < 4.78 is 8.81. The van der Waals surface area contributed by atoms with Gasteiger partial charge in [0, 0.05) is 18.7 Å². The van der Waals surface area contributed by atoms with Crippen LogP contribution in [0.1, 0.15) is 31.0 Å². The highest BCUT2D eigenvalue weighted by molar-refractivity contribution is 7.99. The molecular weight excluding hydrogens is 264 g/mol. The van der Waals surface area contributed by atoms with Gasteiger partial charge in [0.25, 0.3) is 0 Å². The van der Waals surface area contributed by atoms with Crippen LogP contribution in [0.2, 0.25) is 0 Å². The Balaban J connectivity index is 2.01. The van der Waals surface area contributed by atoms with E-state index in [1.54, 1.807) is 11.8 Å². The minimum absolute atomic E-state index is 0.260. The summed E-state index contributed by atoms with van der Waals surface area (Å²) in [5.41, 5.74) is 1.07. The fraction of sp³-hybridized carbons (Fsp3) is 0.583. The molecule has 0 amide bonds. The minimum atomic E-state index is 0.260. The highest BCUT2D eigenvalue weighted by Gasteiger charge is 2.23. The summed E-state index contributed by atoms with van der Waals surface area (Å²) >= 11 is 2.99. The van der Waals surface area contributed by atoms with Crippen molar-refractivity contribution >= 4 is 23.5 Å². The molecule has 1 atom stereocenters. The van der Waals surface area contributed by atoms with Crippen LogP contribution in [0.3, 0.4) is 0 Å². The normalized spacial score (nSPS) is 19.9. The molecule has 2 rings (SSSR count). The molecule has 18 heavy (non-hydrogen) atoms. The Labute approximate surface area is 116 Å². The molecule has 6 heteroatoms. The van der Waals surface area contributed by atoms with Crippen molar-refractivity contribution in [1.82, 2.24) is 13.6 Å². The van der Waals surface area contributed by atoms with Gasteiger partial charge in [-0.3, -0.25) is 4.90 Å². The Morgan fingerprint density at radius 3 is 3.28 bits per heavy atom. The third-order valence-electron chi connectivity index (χ3n) is 2.88. The van der Waals surface area contributed by atoms with Gasteiger partial charge >= 0.3 is 0 Å². The van der Waals surface area contributed by atoms with E-state index in [0.717, 1.165) is 35.9 Å². The highest BCUT2D eigenvalue weighted by atomic mass is 32.2. The van der Waals surface area contributed by atoms with Gasteiger partial charge in [-0.2, -0.15) is 14.0 Å². The molecular formula is C12H16N4S2. The molecule has 4 nitrogen and oxygen atoms in total. The van der Waals surface area contributed by atoms with Gasteiger partial charge in [-0.05, 0) is 19.9 Å². The van der Waals surface area contributed by atoms with Gasteiger partial charge in [-0.1, -0.05) is 12.2 Å². The Kier molecular flexibility index (Phi) is 5.17. The third kappa shape index (κ3) is 3.31. The first-order valence-electron chi connectivity index (χ1n) is 6.02. The Morgan fingerprint density at radius 2 is 2.50 bits per heavy atom. The summed E-state index contributed by atoms with van der Waals surface area (Å²) in [6, 6.07) is 2.43. The number of aromatic nitrogens is 2. The van der Waals surface area contributed by atoms with Crippen molar-refractivity contribution in [2.75, 3.05) is 19.3 Å². The Morgan fingerprint density at radius 1 is 1.61 bits per heavy atom. The molecule has 96 valence electrons. The summed E-state index contributed by atoms with van der Waals surface area (Å²) in [6.07, 6.45) is 7.06. The standard InChI is InChI=1S/C12H16N4S2/c1-16-8-4-2-6-10(16)11-12(15-18-14-11)17-9-5-3-7-13/h2,6,10H,3-5,8-9H2,1H3. The molecule has 1 aromatic rings. The zero-order chi connectivity index (χ0) is 12.8. The smallest absolute Gasteiger partial charge is 0.135 e. The zero-order valence-electron chi connectivity index (χ0n) is 10.4. The van der Waals surface area contributed by atoms with Crippen LogP contribution in [0.4, 0.5) is 0 Å². The number of unbranched alkanes of at least 4 members (excludes halogenated alkanes) is 1. The summed E-state index contributed by atoms with van der Waals surface area (Å²) in [5.74, 6) is 0.937. The summed E-state index contributed by atoms with van der Waals surface area (Å²) in [4.78, 5) is 2.30. The number of thioether (sulfide) groups is 1. The molecule has 0 bridgehead atoms.